The Labute approximate surface area is 213 Å². The Kier molecular flexibility index (Phi) is 9.67. The predicted octanol–water partition coefficient (Wildman–Crippen LogP) is 4.92. The highest BCUT2D eigenvalue weighted by molar-refractivity contribution is 5.99. The molecular weight excluding hydrogens is 458 g/mol. The highest BCUT2D eigenvalue weighted by atomic mass is 16.6. The molecule has 8 nitrogen and oxygen atoms in total. The summed E-state index contributed by atoms with van der Waals surface area (Å²) in [5.74, 6) is -0.191. The van der Waals surface area contributed by atoms with Crippen molar-refractivity contribution in [3.05, 3.63) is 71.8 Å². The van der Waals surface area contributed by atoms with Crippen molar-refractivity contribution in [1.29, 1.82) is 0 Å². The summed E-state index contributed by atoms with van der Waals surface area (Å²) in [6, 6.07) is 10.8. The van der Waals surface area contributed by atoms with Gasteiger partial charge in [-0.3, -0.25) is 9.59 Å². The second-order valence-electron chi connectivity index (χ2n) is 9.69. The van der Waals surface area contributed by atoms with E-state index in [0.29, 0.717) is 17.0 Å². The van der Waals surface area contributed by atoms with E-state index in [1.807, 2.05) is 32.0 Å². The van der Waals surface area contributed by atoms with E-state index in [-0.39, 0.29) is 6.54 Å². The smallest absolute Gasteiger partial charge is 0.408 e. The van der Waals surface area contributed by atoms with Crippen LogP contribution in [0.4, 0.5) is 10.5 Å². The van der Waals surface area contributed by atoms with Crippen LogP contribution in [-0.2, 0) is 14.3 Å². The first-order valence-electron chi connectivity index (χ1n) is 11.8. The van der Waals surface area contributed by atoms with Gasteiger partial charge in [0.25, 0.3) is 5.91 Å². The summed E-state index contributed by atoms with van der Waals surface area (Å²) in [5, 5.41) is 5.47. The molecule has 0 spiro atoms. The number of rotatable bonds is 9. The lowest BCUT2D eigenvalue weighted by Crippen LogP contribution is -2.51. The molecule has 3 amide bonds. The third-order valence-electron chi connectivity index (χ3n) is 5.19. The van der Waals surface area contributed by atoms with Gasteiger partial charge in [-0.2, -0.15) is 0 Å². The van der Waals surface area contributed by atoms with Crippen molar-refractivity contribution in [2.24, 2.45) is 0 Å². The largest absolute Gasteiger partial charge is 0.497 e. The van der Waals surface area contributed by atoms with Crippen molar-refractivity contribution >= 4 is 23.6 Å². The first-order valence-corrected chi connectivity index (χ1v) is 11.8. The number of hydrogen-bond donors (Lipinski definition) is 2. The average Bonchev–Trinajstić information content (AvgIpc) is 2.76. The topological polar surface area (TPSA) is 97.0 Å². The lowest BCUT2D eigenvalue weighted by molar-refractivity contribution is -0.139. The first kappa shape index (κ1) is 28.4. The summed E-state index contributed by atoms with van der Waals surface area (Å²) in [4.78, 5) is 40.9. The molecule has 2 aromatic carbocycles. The number of alkyl carbamates (subject to hydrolysis) is 1. The van der Waals surface area contributed by atoms with E-state index in [1.165, 1.54) is 4.90 Å². The molecule has 2 N–H and O–H groups in total. The van der Waals surface area contributed by atoms with Crippen LogP contribution in [0.3, 0.4) is 0 Å². The van der Waals surface area contributed by atoms with E-state index in [2.05, 4.69) is 17.2 Å². The lowest BCUT2D eigenvalue weighted by Gasteiger charge is -2.33. The maximum atomic E-state index is 13.7. The molecule has 0 aliphatic heterocycles. The summed E-state index contributed by atoms with van der Waals surface area (Å²) in [7, 11) is 1.56. The number of ether oxygens (including phenoxy) is 2. The Hall–Kier alpha value is -3.81. The van der Waals surface area contributed by atoms with Crippen LogP contribution < -0.4 is 15.4 Å². The van der Waals surface area contributed by atoms with Gasteiger partial charge in [0.15, 0.2) is 0 Å². The molecule has 194 valence electrons. The lowest BCUT2D eigenvalue weighted by atomic mass is 9.98. The zero-order valence-electron chi connectivity index (χ0n) is 22.2. The Bertz CT molecular complexity index is 1070. The zero-order chi connectivity index (χ0) is 27.0. The summed E-state index contributed by atoms with van der Waals surface area (Å²) in [6.45, 7) is 14.5. The van der Waals surface area contributed by atoms with Gasteiger partial charge in [-0.1, -0.05) is 35.4 Å². The van der Waals surface area contributed by atoms with E-state index < -0.39 is 35.6 Å². The third kappa shape index (κ3) is 8.15. The molecular formula is C28H37N3O5. The SMILES string of the molecule is C=CCN(C(=O)C(C)NC(=O)OC(C)(C)C)C(C(=O)Nc1ccc(OC)cc1)c1cc(C)cc(C)c1. The molecule has 0 fully saturated rings. The minimum Gasteiger partial charge on any atom is -0.497 e. The fraction of sp³-hybridized carbons (Fsp3) is 0.393. The molecule has 0 radical (unpaired) electrons. The monoisotopic (exact) mass is 495 g/mol. The maximum absolute atomic E-state index is 13.7. The molecule has 0 saturated heterocycles. The Balaban J connectivity index is 2.43. The van der Waals surface area contributed by atoms with Gasteiger partial charge in [-0.25, -0.2) is 4.79 Å². The zero-order valence-corrected chi connectivity index (χ0v) is 22.2. The predicted molar refractivity (Wildman–Crippen MR) is 141 cm³/mol. The molecule has 8 heteroatoms. The van der Waals surface area contributed by atoms with Crippen molar-refractivity contribution in [3.63, 3.8) is 0 Å². The van der Waals surface area contributed by atoms with Crippen molar-refractivity contribution < 1.29 is 23.9 Å². The summed E-state index contributed by atoms with van der Waals surface area (Å²) >= 11 is 0. The normalized spacial score (nSPS) is 12.6. The Morgan fingerprint density at radius 2 is 1.64 bits per heavy atom. The fourth-order valence-electron chi connectivity index (χ4n) is 3.78. The fourth-order valence-corrected chi connectivity index (χ4v) is 3.78. The average molecular weight is 496 g/mol. The van der Waals surface area contributed by atoms with E-state index in [0.717, 1.165) is 11.1 Å². The molecule has 2 aromatic rings. The van der Waals surface area contributed by atoms with Gasteiger partial charge in [0.05, 0.1) is 7.11 Å². The Morgan fingerprint density at radius 1 is 1.06 bits per heavy atom. The molecule has 2 atom stereocenters. The highest BCUT2D eigenvalue weighted by Crippen LogP contribution is 2.27. The van der Waals surface area contributed by atoms with Crippen LogP contribution in [0, 0.1) is 13.8 Å². The summed E-state index contributed by atoms with van der Waals surface area (Å²) in [5.41, 5.74) is 2.41. The number of carbonyl (C=O) groups excluding carboxylic acids is 3. The van der Waals surface area contributed by atoms with E-state index in [1.54, 1.807) is 65.1 Å². The quantitative estimate of drug-likeness (QED) is 0.482. The van der Waals surface area contributed by atoms with Crippen LogP contribution in [0.2, 0.25) is 0 Å². The van der Waals surface area contributed by atoms with Gasteiger partial charge in [0.2, 0.25) is 5.91 Å². The van der Waals surface area contributed by atoms with Gasteiger partial charge in [0.1, 0.15) is 23.4 Å². The van der Waals surface area contributed by atoms with Crippen LogP contribution in [0.1, 0.15) is 50.4 Å². The minimum atomic E-state index is -0.973. The number of carbonyl (C=O) groups is 3. The first-order chi connectivity index (χ1) is 16.8. The molecule has 0 bridgehead atoms. The van der Waals surface area contributed by atoms with Gasteiger partial charge in [0, 0.05) is 12.2 Å². The van der Waals surface area contributed by atoms with Gasteiger partial charge in [-0.15, -0.1) is 6.58 Å². The second-order valence-corrected chi connectivity index (χ2v) is 9.69. The number of anilines is 1. The number of nitrogens with one attached hydrogen (secondary N) is 2. The van der Waals surface area contributed by atoms with Gasteiger partial charge >= 0.3 is 6.09 Å². The van der Waals surface area contributed by atoms with E-state index in [9.17, 15) is 14.4 Å². The second kappa shape index (κ2) is 12.2. The summed E-state index contributed by atoms with van der Waals surface area (Å²) in [6.07, 6.45) is 0.835. The number of nitrogens with zero attached hydrogens (tertiary/aromatic N) is 1. The number of hydrogen-bond acceptors (Lipinski definition) is 5. The van der Waals surface area contributed by atoms with Crippen LogP contribution >= 0.6 is 0 Å². The van der Waals surface area contributed by atoms with Crippen molar-refractivity contribution in [2.45, 2.75) is 59.2 Å². The Morgan fingerprint density at radius 3 is 2.14 bits per heavy atom. The number of benzene rings is 2. The standard InChI is InChI=1S/C28H37N3O5/c1-9-14-31(26(33)20(4)29-27(34)36-28(5,6)7)24(21-16-18(2)15-19(3)17-21)25(32)30-22-10-12-23(35-8)13-11-22/h9-13,15-17,20,24H,1,14H2,2-8H3,(H,29,34)(H,30,32). The minimum absolute atomic E-state index is 0.0901. The van der Waals surface area contributed by atoms with Crippen LogP contribution in [-0.4, -0.2) is 48.1 Å². The molecule has 2 unspecified atom stereocenters. The van der Waals surface area contributed by atoms with Gasteiger partial charge in [-0.05, 0) is 71.4 Å². The van der Waals surface area contributed by atoms with Crippen LogP contribution in [0.25, 0.3) is 0 Å². The highest BCUT2D eigenvalue weighted by Gasteiger charge is 2.34. The molecule has 0 saturated carbocycles. The number of amides is 3. The molecule has 36 heavy (non-hydrogen) atoms. The molecule has 0 heterocycles. The third-order valence-corrected chi connectivity index (χ3v) is 5.19. The molecule has 2 rings (SSSR count). The van der Waals surface area contributed by atoms with Crippen molar-refractivity contribution in [2.75, 3.05) is 19.0 Å². The summed E-state index contributed by atoms with van der Waals surface area (Å²) < 4.78 is 10.5. The number of methoxy groups -OCH3 is 1. The number of aryl methyl sites for hydroxylation is 2. The maximum Gasteiger partial charge on any atom is 0.408 e. The van der Waals surface area contributed by atoms with Crippen molar-refractivity contribution in [3.8, 4) is 5.75 Å². The molecule has 0 aliphatic carbocycles. The molecule has 0 aromatic heterocycles. The van der Waals surface area contributed by atoms with Crippen LogP contribution in [0.15, 0.2) is 55.1 Å². The van der Waals surface area contributed by atoms with Crippen molar-refractivity contribution in [1.82, 2.24) is 10.2 Å². The molecule has 0 aliphatic rings. The van der Waals surface area contributed by atoms with Crippen LogP contribution in [0.5, 0.6) is 5.75 Å². The van der Waals surface area contributed by atoms with Gasteiger partial charge < -0.3 is 25.0 Å². The van der Waals surface area contributed by atoms with E-state index >= 15 is 0 Å². The van der Waals surface area contributed by atoms with E-state index in [4.69, 9.17) is 9.47 Å².